The van der Waals surface area contributed by atoms with E-state index < -0.39 is 5.91 Å². The number of hydrogen-bond acceptors (Lipinski definition) is 3. The Bertz CT molecular complexity index is 584. The number of aromatic nitrogens is 1. The Labute approximate surface area is 105 Å². The van der Waals surface area contributed by atoms with E-state index in [1.807, 2.05) is 18.2 Å². The van der Waals surface area contributed by atoms with E-state index in [-0.39, 0.29) is 0 Å². The number of carbonyl (C=O) groups excluding carboxylic acids is 1. The van der Waals surface area contributed by atoms with Gasteiger partial charge in [-0.15, -0.1) is 0 Å². The van der Waals surface area contributed by atoms with Crippen LogP contribution in [-0.4, -0.2) is 10.9 Å². The van der Waals surface area contributed by atoms with Gasteiger partial charge in [0.2, 0.25) is 0 Å². The highest BCUT2D eigenvalue weighted by atomic mass is 16.1. The van der Waals surface area contributed by atoms with Crippen molar-refractivity contribution in [2.75, 3.05) is 4.90 Å². The van der Waals surface area contributed by atoms with Gasteiger partial charge < -0.3 is 10.6 Å². The SMILES string of the molecule is NC(=O)c1cc(N2Cc3ccccc3C2)ccn1. The molecule has 2 aromatic rings. The summed E-state index contributed by atoms with van der Waals surface area (Å²) in [7, 11) is 0. The Morgan fingerprint density at radius 3 is 2.44 bits per heavy atom. The van der Waals surface area contributed by atoms with Crippen LogP contribution in [0.15, 0.2) is 42.6 Å². The number of hydrogen-bond donors (Lipinski definition) is 1. The average molecular weight is 239 g/mol. The molecule has 0 spiro atoms. The van der Waals surface area contributed by atoms with Crippen LogP contribution in [-0.2, 0) is 13.1 Å². The van der Waals surface area contributed by atoms with Gasteiger partial charge in [-0.25, -0.2) is 0 Å². The van der Waals surface area contributed by atoms with E-state index in [1.165, 1.54) is 11.1 Å². The number of fused-ring (bicyclic) bond motifs is 1. The summed E-state index contributed by atoms with van der Waals surface area (Å²) in [4.78, 5) is 17.3. The summed E-state index contributed by atoms with van der Waals surface area (Å²) in [6.07, 6.45) is 1.62. The molecular weight excluding hydrogens is 226 g/mol. The summed E-state index contributed by atoms with van der Waals surface area (Å²) in [5.41, 5.74) is 9.19. The largest absolute Gasteiger partial charge is 0.364 e. The molecule has 1 aliphatic heterocycles. The lowest BCUT2D eigenvalue weighted by atomic mass is 10.1. The summed E-state index contributed by atoms with van der Waals surface area (Å²) < 4.78 is 0. The molecule has 1 amide bonds. The molecule has 1 aromatic heterocycles. The van der Waals surface area contributed by atoms with Crippen molar-refractivity contribution in [3.8, 4) is 0 Å². The van der Waals surface area contributed by atoms with Crippen molar-refractivity contribution in [3.63, 3.8) is 0 Å². The molecule has 2 N–H and O–H groups in total. The minimum atomic E-state index is -0.492. The smallest absolute Gasteiger partial charge is 0.267 e. The third kappa shape index (κ3) is 1.82. The second-order valence-corrected chi connectivity index (χ2v) is 4.39. The maximum absolute atomic E-state index is 11.1. The van der Waals surface area contributed by atoms with E-state index in [9.17, 15) is 4.79 Å². The molecule has 1 aliphatic rings. The van der Waals surface area contributed by atoms with E-state index in [1.54, 1.807) is 12.3 Å². The zero-order chi connectivity index (χ0) is 12.5. The quantitative estimate of drug-likeness (QED) is 0.867. The maximum atomic E-state index is 11.1. The van der Waals surface area contributed by atoms with Gasteiger partial charge >= 0.3 is 0 Å². The maximum Gasteiger partial charge on any atom is 0.267 e. The highest BCUT2D eigenvalue weighted by Gasteiger charge is 2.19. The molecule has 18 heavy (non-hydrogen) atoms. The first kappa shape index (κ1) is 10.8. The number of amides is 1. The zero-order valence-corrected chi connectivity index (χ0v) is 9.84. The Morgan fingerprint density at radius 1 is 1.17 bits per heavy atom. The summed E-state index contributed by atoms with van der Waals surface area (Å²) >= 11 is 0. The van der Waals surface area contributed by atoms with Crippen LogP contribution in [0.3, 0.4) is 0 Å². The lowest BCUT2D eigenvalue weighted by Crippen LogP contribution is -2.17. The number of nitrogens with zero attached hydrogens (tertiary/aromatic N) is 2. The lowest BCUT2D eigenvalue weighted by Gasteiger charge is -2.17. The van der Waals surface area contributed by atoms with Crippen molar-refractivity contribution < 1.29 is 4.79 Å². The molecule has 0 fully saturated rings. The van der Waals surface area contributed by atoms with Crippen LogP contribution in [0.1, 0.15) is 21.6 Å². The van der Waals surface area contributed by atoms with Crippen LogP contribution in [0.5, 0.6) is 0 Å². The van der Waals surface area contributed by atoms with E-state index in [0.29, 0.717) is 5.69 Å². The van der Waals surface area contributed by atoms with Crippen LogP contribution < -0.4 is 10.6 Å². The minimum absolute atomic E-state index is 0.309. The minimum Gasteiger partial charge on any atom is -0.364 e. The van der Waals surface area contributed by atoms with Crippen LogP contribution >= 0.6 is 0 Å². The van der Waals surface area contributed by atoms with Crippen molar-refractivity contribution in [3.05, 3.63) is 59.4 Å². The molecular formula is C14H13N3O. The van der Waals surface area contributed by atoms with Gasteiger partial charge in [0.1, 0.15) is 5.69 Å². The normalized spacial score (nSPS) is 13.4. The number of benzene rings is 1. The third-order valence-electron chi connectivity index (χ3n) is 3.20. The summed E-state index contributed by atoms with van der Waals surface area (Å²) in [5, 5.41) is 0. The molecule has 1 aromatic carbocycles. The third-order valence-corrected chi connectivity index (χ3v) is 3.20. The molecule has 0 saturated carbocycles. The summed E-state index contributed by atoms with van der Waals surface area (Å²) in [6.45, 7) is 1.72. The standard InChI is InChI=1S/C14H13N3O/c15-14(18)13-7-12(5-6-16-13)17-8-10-3-1-2-4-11(10)9-17/h1-7H,8-9H2,(H2,15,18). The molecule has 4 nitrogen and oxygen atoms in total. The Hall–Kier alpha value is -2.36. The molecule has 4 heteroatoms. The van der Waals surface area contributed by atoms with Gasteiger partial charge in [0.05, 0.1) is 0 Å². The highest BCUT2D eigenvalue weighted by molar-refractivity contribution is 5.91. The van der Waals surface area contributed by atoms with Gasteiger partial charge in [-0.3, -0.25) is 9.78 Å². The van der Waals surface area contributed by atoms with Crippen molar-refractivity contribution in [2.24, 2.45) is 5.73 Å². The second kappa shape index (κ2) is 4.14. The molecule has 0 unspecified atom stereocenters. The number of nitrogens with two attached hydrogens (primary N) is 1. The Kier molecular flexibility index (Phi) is 2.48. The predicted octanol–water partition coefficient (Wildman–Crippen LogP) is 1.70. The summed E-state index contributed by atoms with van der Waals surface area (Å²) in [6, 6.07) is 12.0. The van der Waals surface area contributed by atoms with Gasteiger partial charge in [-0.05, 0) is 23.3 Å². The van der Waals surface area contributed by atoms with E-state index in [2.05, 4.69) is 22.0 Å². The molecule has 0 bridgehead atoms. The van der Waals surface area contributed by atoms with E-state index in [0.717, 1.165) is 18.8 Å². The number of anilines is 1. The number of carbonyl (C=O) groups is 1. The Morgan fingerprint density at radius 2 is 1.83 bits per heavy atom. The van der Waals surface area contributed by atoms with Crippen molar-refractivity contribution in [1.82, 2.24) is 4.98 Å². The monoisotopic (exact) mass is 239 g/mol. The van der Waals surface area contributed by atoms with Crippen LogP contribution in [0.25, 0.3) is 0 Å². The van der Waals surface area contributed by atoms with Crippen molar-refractivity contribution in [2.45, 2.75) is 13.1 Å². The predicted molar refractivity (Wildman–Crippen MR) is 69.1 cm³/mol. The van der Waals surface area contributed by atoms with Crippen molar-refractivity contribution in [1.29, 1.82) is 0 Å². The van der Waals surface area contributed by atoms with Crippen LogP contribution in [0.2, 0.25) is 0 Å². The first-order valence-corrected chi connectivity index (χ1v) is 5.81. The fraction of sp³-hybridized carbons (Fsp3) is 0.143. The first-order valence-electron chi connectivity index (χ1n) is 5.81. The fourth-order valence-electron chi connectivity index (χ4n) is 2.27. The molecule has 0 saturated heterocycles. The van der Waals surface area contributed by atoms with Gasteiger partial charge in [-0.1, -0.05) is 24.3 Å². The summed E-state index contributed by atoms with van der Waals surface area (Å²) in [5.74, 6) is -0.492. The number of rotatable bonds is 2. The Balaban J connectivity index is 1.90. The molecule has 2 heterocycles. The topological polar surface area (TPSA) is 59.2 Å². The molecule has 0 aliphatic carbocycles. The molecule has 0 atom stereocenters. The highest BCUT2D eigenvalue weighted by Crippen LogP contribution is 2.27. The van der Waals surface area contributed by atoms with Gasteiger partial charge in [-0.2, -0.15) is 0 Å². The van der Waals surface area contributed by atoms with Crippen LogP contribution in [0, 0.1) is 0 Å². The lowest BCUT2D eigenvalue weighted by molar-refractivity contribution is 0.0995. The second-order valence-electron chi connectivity index (χ2n) is 4.39. The van der Waals surface area contributed by atoms with Crippen molar-refractivity contribution >= 4 is 11.6 Å². The van der Waals surface area contributed by atoms with Gasteiger partial charge in [0.15, 0.2) is 0 Å². The van der Waals surface area contributed by atoms with Crippen LogP contribution in [0.4, 0.5) is 5.69 Å². The fourth-order valence-corrected chi connectivity index (χ4v) is 2.27. The zero-order valence-electron chi connectivity index (χ0n) is 9.84. The first-order chi connectivity index (χ1) is 8.74. The average Bonchev–Trinajstić information content (AvgIpc) is 2.82. The van der Waals surface area contributed by atoms with E-state index >= 15 is 0 Å². The van der Waals surface area contributed by atoms with Gasteiger partial charge in [0.25, 0.3) is 5.91 Å². The van der Waals surface area contributed by atoms with E-state index in [4.69, 9.17) is 5.73 Å². The number of pyridine rings is 1. The molecule has 3 rings (SSSR count). The van der Waals surface area contributed by atoms with Gasteiger partial charge in [0, 0.05) is 25.0 Å². The number of primary amides is 1. The molecule has 90 valence electrons. The molecule has 0 radical (unpaired) electrons.